The molecule has 1 atom stereocenters. The molecule has 2 aromatic rings. The first kappa shape index (κ1) is 22.8. The molecule has 0 aromatic heterocycles. The molecule has 6 nitrogen and oxygen atoms in total. The molecule has 156 valence electrons. The van der Waals surface area contributed by atoms with Crippen LogP contribution in [0, 0.1) is 12.8 Å². The van der Waals surface area contributed by atoms with Crippen LogP contribution >= 0.6 is 0 Å². The van der Waals surface area contributed by atoms with Crippen molar-refractivity contribution in [1.82, 2.24) is 9.73 Å². The van der Waals surface area contributed by atoms with Gasteiger partial charge in [-0.1, -0.05) is 43.7 Å². The normalized spacial score (nSPS) is 13.4. The molecule has 1 amide bonds. The lowest BCUT2D eigenvalue weighted by atomic mass is 10.1. The van der Waals surface area contributed by atoms with Crippen molar-refractivity contribution in [2.75, 3.05) is 7.05 Å². The van der Waals surface area contributed by atoms with Gasteiger partial charge in [0, 0.05) is 24.9 Å². The van der Waals surface area contributed by atoms with Crippen LogP contribution in [0.2, 0.25) is 0 Å². The maximum Gasteiger partial charge on any atom is 0.271 e. The van der Waals surface area contributed by atoms with Gasteiger partial charge in [-0.05, 0) is 56.0 Å². The number of carbonyl (C=O) groups excluding carboxylic acids is 1. The summed E-state index contributed by atoms with van der Waals surface area (Å²) >= 11 is 0. The maximum absolute atomic E-state index is 12.7. The molecule has 0 aliphatic heterocycles. The Morgan fingerprint density at radius 1 is 1.10 bits per heavy atom. The third-order valence-electron chi connectivity index (χ3n) is 5.01. The van der Waals surface area contributed by atoms with Crippen molar-refractivity contribution in [1.29, 1.82) is 0 Å². The highest BCUT2D eigenvalue weighted by Gasteiger charge is 2.20. The zero-order valence-electron chi connectivity index (χ0n) is 17.6. The van der Waals surface area contributed by atoms with E-state index < -0.39 is 10.0 Å². The molecule has 0 spiro atoms. The van der Waals surface area contributed by atoms with Crippen LogP contribution in [0.5, 0.6) is 0 Å². The summed E-state index contributed by atoms with van der Waals surface area (Å²) in [6.45, 7) is 8.14. The molecule has 0 fully saturated rings. The van der Waals surface area contributed by atoms with Crippen molar-refractivity contribution in [2.24, 2.45) is 11.0 Å². The number of nitrogens with one attached hydrogen (secondary N) is 1. The van der Waals surface area contributed by atoms with Gasteiger partial charge in [0.15, 0.2) is 0 Å². The zero-order chi connectivity index (χ0) is 21.6. The van der Waals surface area contributed by atoms with Gasteiger partial charge < -0.3 is 0 Å². The maximum atomic E-state index is 12.7. The smallest absolute Gasteiger partial charge is 0.267 e. The molecule has 0 aliphatic carbocycles. The minimum Gasteiger partial charge on any atom is -0.267 e. The fraction of sp³-hybridized carbons (Fsp3) is 0.364. The molecule has 0 aliphatic rings. The third-order valence-corrected chi connectivity index (χ3v) is 6.83. The van der Waals surface area contributed by atoms with Gasteiger partial charge in [-0.3, -0.25) is 4.79 Å². The standard InChI is InChI=1S/C22H29N3O3S/c1-6-17(3)18(4)23-24-22(26)20-11-9-19(10-12-20)15-25(5)29(27,28)21-13-7-16(2)8-14-21/h7-14,17H,6,15H2,1-5H3,(H,24,26)/b23-18-/t17-/m1/s1. The minimum atomic E-state index is -3.57. The first-order valence-corrected chi connectivity index (χ1v) is 11.1. The Kier molecular flexibility index (Phi) is 7.70. The lowest BCUT2D eigenvalue weighted by Crippen LogP contribution is -2.26. The van der Waals surface area contributed by atoms with Crippen LogP contribution in [0.3, 0.4) is 0 Å². The Morgan fingerprint density at radius 2 is 1.69 bits per heavy atom. The molecule has 2 aromatic carbocycles. The van der Waals surface area contributed by atoms with E-state index >= 15 is 0 Å². The number of aryl methyl sites for hydroxylation is 1. The lowest BCUT2D eigenvalue weighted by molar-refractivity contribution is 0.0954. The van der Waals surface area contributed by atoms with E-state index in [-0.39, 0.29) is 17.3 Å². The van der Waals surface area contributed by atoms with E-state index in [0.717, 1.165) is 23.3 Å². The van der Waals surface area contributed by atoms with Crippen molar-refractivity contribution in [3.8, 4) is 0 Å². The molecule has 1 N–H and O–H groups in total. The summed E-state index contributed by atoms with van der Waals surface area (Å²) in [5.41, 5.74) is 5.71. The summed E-state index contributed by atoms with van der Waals surface area (Å²) in [5, 5.41) is 4.14. The summed E-state index contributed by atoms with van der Waals surface area (Å²) < 4.78 is 26.7. The highest BCUT2D eigenvalue weighted by molar-refractivity contribution is 7.89. The van der Waals surface area contributed by atoms with Gasteiger partial charge >= 0.3 is 0 Å². The van der Waals surface area contributed by atoms with E-state index in [1.807, 2.05) is 13.8 Å². The minimum absolute atomic E-state index is 0.212. The SMILES string of the molecule is CC[C@@H](C)/C(C)=N\NC(=O)c1ccc(CN(C)S(=O)(=O)c2ccc(C)cc2)cc1. The number of hydrogen-bond donors (Lipinski definition) is 1. The summed E-state index contributed by atoms with van der Waals surface area (Å²) in [5.74, 6) is 0.0172. The fourth-order valence-corrected chi connectivity index (χ4v) is 3.76. The highest BCUT2D eigenvalue weighted by atomic mass is 32.2. The molecule has 7 heteroatoms. The second-order valence-electron chi connectivity index (χ2n) is 7.27. The number of benzene rings is 2. The average molecular weight is 416 g/mol. The zero-order valence-corrected chi connectivity index (χ0v) is 18.5. The van der Waals surface area contributed by atoms with Crippen LogP contribution in [0.1, 0.15) is 48.7 Å². The van der Waals surface area contributed by atoms with Crippen molar-refractivity contribution in [2.45, 2.75) is 45.6 Å². The number of carbonyl (C=O) groups is 1. The quantitative estimate of drug-likeness (QED) is 0.523. The molecule has 0 saturated heterocycles. The largest absolute Gasteiger partial charge is 0.271 e. The second kappa shape index (κ2) is 9.80. The van der Waals surface area contributed by atoms with Crippen LogP contribution in [0.4, 0.5) is 0 Å². The number of hydrazone groups is 1. The first-order chi connectivity index (χ1) is 13.6. The monoisotopic (exact) mass is 415 g/mol. The Balaban J connectivity index is 2.04. The number of rotatable bonds is 8. The van der Waals surface area contributed by atoms with Crippen LogP contribution in [0.15, 0.2) is 58.5 Å². The van der Waals surface area contributed by atoms with Crippen molar-refractivity contribution in [3.63, 3.8) is 0 Å². The molecule has 0 heterocycles. The Morgan fingerprint density at radius 3 is 2.24 bits per heavy atom. The van der Waals surface area contributed by atoms with E-state index in [9.17, 15) is 13.2 Å². The van der Waals surface area contributed by atoms with Crippen LogP contribution < -0.4 is 5.43 Å². The lowest BCUT2D eigenvalue weighted by Gasteiger charge is -2.17. The molecular weight excluding hydrogens is 386 g/mol. The van der Waals surface area contributed by atoms with Crippen molar-refractivity contribution >= 4 is 21.6 Å². The number of amides is 1. The van der Waals surface area contributed by atoms with Gasteiger partial charge in [-0.15, -0.1) is 0 Å². The Bertz CT molecular complexity index is 965. The second-order valence-corrected chi connectivity index (χ2v) is 9.32. The van der Waals surface area contributed by atoms with Crippen LogP contribution in [0.25, 0.3) is 0 Å². The number of hydrogen-bond acceptors (Lipinski definition) is 4. The molecule has 0 unspecified atom stereocenters. The molecular formula is C22H29N3O3S. The third kappa shape index (κ3) is 5.98. The van der Waals surface area contributed by atoms with E-state index in [4.69, 9.17) is 0 Å². The molecule has 0 radical (unpaired) electrons. The highest BCUT2D eigenvalue weighted by Crippen LogP contribution is 2.17. The molecule has 2 rings (SSSR count). The van der Waals surface area contributed by atoms with E-state index in [1.54, 1.807) is 55.6 Å². The summed E-state index contributed by atoms with van der Waals surface area (Å²) in [6, 6.07) is 13.6. The summed E-state index contributed by atoms with van der Waals surface area (Å²) in [4.78, 5) is 12.5. The topological polar surface area (TPSA) is 78.8 Å². The van der Waals surface area contributed by atoms with Crippen molar-refractivity contribution in [3.05, 3.63) is 65.2 Å². The van der Waals surface area contributed by atoms with Gasteiger partial charge in [0.2, 0.25) is 10.0 Å². The molecule has 0 saturated carbocycles. The molecule has 0 bridgehead atoms. The van der Waals surface area contributed by atoms with Crippen molar-refractivity contribution < 1.29 is 13.2 Å². The fourth-order valence-electron chi connectivity index (χ4n) is 2.60. The summed E-state index contributed by atoms with van der Waals surface area (Å²) in [7, 11) is -2.03. The summed E-state index contributed by atoms with van der Waals surface area (Å²) in [6.07, 6.45) is 0.957. The van der Waals surface area contributed by atoms with Gasteiger partial charge in [0.1, 0.15) is 0 Å². The number of nitrogens with zero attached hydrogens (tertiary/aromatic N) is 2. The van der Waals surface area contributed by atoms with Gasteiger partial charge in [-0.2, -0.15) is 9.41 Å². The predicted molar refractivity (Wildman–Crippen MR) is 116 cm³/mol. The van der Waals surface area contributed by atoms with Crippen LogP contribution in [-0.2, 0) is 16.6 Å². The average Bonchev–Trinajstić information content (AvgIpc) is 2.71. The van der Waals surface area contributed by atoms with Gasteiger partial charge in [0.05, 0.1) is 4.90 Å². The van der Waals surface area contributed by atoms with E-state index in [2.05, 4.69) is 24.4 Å². The first-order valence-electron chi connectivity index (χ1n) is 9.61. The van der Waals surface area contributed by atoms with E-state index in [1.165, 1.54) is 4.31 Å². The van der Waals surface area contributed by atoms with Gasteiger partial charge in [0.25, 0.3) is 5.91 Å². The molecule has 29 heavy (non-hydrogen) atoms. The van der Waals surface area contributed by atoms with E-state index in [0.29, 0.717) is 11.5 Å². The van der Waals surface area contributed by atoms with Crippen LogP contribution in [-0.4, -0.2) is 31.4 Å². The predicted octanol–water partition coefficient (Wildman–Crippen LogP) is 3.97. The Labute approximate surface area is 173 Å². The Hall–Kier alpha value is -2.51. The van der Waals surface area contributed by atoms with Gasteiger partial charge in [-0.25, -0.2) is 13.8 Å². The number of sulfonamides is 1.